The van der Waals surface area contributed by atoms with Crippen molar-refractivity contribution < 1.29 is 0 Å². The predicted molar refractivity (Wildman–Crippen MR) is 54.0 cm³/mol. The van der Waals surface area contributed by atoms with Gasteiger partial charge >= 0.3 is 0 Å². The van der Waals surface area contributed by atoms with Gasteiger partial charge in [-0.1, -0.05) is 39.2 Å². The standard InChI is InChI=1S/C11H21N/c1-4-10(2,3)11(12)8-6-5-7-9-11/h4H,1,5-9,12H2,2-3H3. The van der Waals surface area contributed by atoms with Crippen molar-refractivity contribution in [1.29, 1.82) is 0 Å². The van der Waals surface area contributed by atoms with Crippen LogP contribution in [0.1, 0.15) is 46.0 Å². The Hall–Kier alpha value is -0.300. The third kappa shape index (κ3) is 1.56. The highest BCUT2D eigenvalue weighted by molar-refractivity contribution is 5.07. The molecule has 0 radical (unpaired) electrons. The van der Waals surface area contributed by atoms with E-state index in [0.717, 1.165) is 12.8 Å². The van der Waals surface area contributed by atoms with Crippen molar-refractivity contribution in [3.05, 3.63) is 12.7 Å². The van der Waals surface area contributed by atoms with Gasteiger partial charge in [0.1, 0.15) is 0 Å². The number of hydrogen-bond donors (Lipinski definition) is 1. The molecule has 0 aliphatic heterocycles. The maximum absolute atomic E-state index is 6.38. The second-order valence-corrected chi connectivity index (χ2v) is 4.64. The molecule has 70 valence electrons. The second kappa shape index (κ2) is 3.21. The molecule has 0 aromatic rings. The summed E-state index contributed by atoms with van der Waals surface area (Å²) in [5.41, 5.74) is 6.47. The summed E-state index contributed by atoms with van der Waals surface area (Å²) in [6.07, 6.45) is 8.25. The van der Waals surface area contributed by atoms with E-state index < -0.39 is 0 Å². The quantitative estimate of drug-likeness (QED) is 0.629. The van der Waals surface area contributed by atoms with Gasteiger partial charge in [-0.3, -0.25) is 0 Å². The molecule has 0 bridgehead atoms. The molecule has 1 fully saturated rings. The van der Waals surface area contributed by atoms with Crippen LogP contribution in [-0.2, 0) is 0 Å². The monoisotopic (exact) mass is 167 g/mol. The fraction of sp³-hybridized carbons (Fsp3) is 0.818. The highest BCUT2D eigenvalue weighted by Crippen LogP contribution is 2.40. The first-order valence-corrected chi connectivity index (χ1v) is 4.94. The van der Waals surface area contributed by atoms with Gasteiger partial charge in [0.2, 0.25) is 0 Å². The molecule has 0 spiro atoms. The highest BCUT2D eigenvalue weighted by Gasteiger charge is 2.39. The zero-order valence-corrected chi connectivity index (χ0v) is 8.40. The molecule has 1 rings (SSSR count). The summed E-state index contributed by atoms with van der Waals surface area (Å²) in [4.78, 5) is 0. The van der Waals surface area contributed by atoms with E-state index in [-0.39, 0.29) is 11.0 Å². The maximum atomic E-state index is 6.38. The highest BCUT2D eigenvalue weighted by atomic mass is 14.8. The number of nitrogens with two attached hydrogens (primary N) is 1. The third-order valence-electron chi connectivity index (χ3n) is 3.54. The minimum atomic E-state index is 0.00694. The van der Waals surface area contributed by atoms with Crippen molar-refractivity contribution >= 4 is 0 Å². The van der Waals surface area contributed by atoms with E-state index in [1.165, 1.54) is 19.3 Å². The summed E-state index contributed by atoms with van der Waals surface area (Å²) in [7, 11) is 0. The zero-order chi connectivity index (χ0) is 9.24. The van der Waals surface area contributed by atoms with Gasteiger partial charge in [-0.05, 0) is 12.8 Å². The van der Waals surface area contributed by atoms with Gasteiger partial charge in [0, 0.05) is 11.0 Å². The Balaban J connectivity index is 2.74. The average molecular weight is 167 g/mol. The normalized spacial score (nSPS) is 23.6. The van der Waals surface area contributed by atoms with Crippen LogP contribution in [0.2, 0.25) is 0 Å². The first-order valence-electron chi connectivity index (χ1n) is 4.94. The first kappa shape index (κ1) is 9.79. The lowest BCUT2D eigenvalue weighted by Crippen LogP contribution is -2.52. The van der Waals surface area contributed by atoms with Crippen LogP contribution in [0.15, 0.2) is 12.7 Å². The molecule has 1 aliphatic carbocycles. The van der Waals surface area contributed by atoms with Crippen LogP contribution in [-0.4, -0.2) is 5.54 Å². The largest absolute Gasteiger partial charge is 0.324 e. The molecule has 0 atom stereocenters. The van der Waals surface area contributed by atoms with E-state index in [0.29, 0.717) is 0 Å². The van der Waals surface area contributed by atoms with Gasteiger partial charge in [0.15, 0.2) is 0 Å². The van der Waals surface area contributed by atoms with E-state index in [1.807, 2.05) is 6.08 Å². The second-order valence-electron chi connectivity index (χ2n) is 4.64. The molecule has 0 aromatic carbocycles. The number of rotatable bonds is 2. The first-order chi connectivity index (χ1) is 5.52. The molecule has 1 nitrogen and oxygen atoms in total. The van der Waals surface area contributed by atoms with Crippen LogP contribution in [0.5, 0.6) is 0 Å². The van der Waals surface area contributed by atoms with Crippen molar-refractivity contribution in [2.24, 2.45) is 11.1 Å². The Bertz CT molecular complexity index is 164. The molecule has 2 N–H and O–H groups in total. The van der Waals surface area contributed by atoms with Crippen LogP contribution in [0.3, 0.4) is 0 Å². The van der Waals surface area contributed by atoms with Crippen LogP contribution < -0.4 is 5.73 Å². The summed E-state index contributed by atoms with van der Waals surface area (Å²) in [5.74, 6) is 0. The molecule has 0 unspecified atom stereocenters. The molecule has 1 saturated carbocycles. The number of hydrogen-bond acceptors (Lipinski definition) is 1. The topological polar surface area (TPSA) is 26.0 Å². The van der Waals surface area contributed by atoms with Crippen molar-refractivity contribution in [1.82, 2.24) is 0 Å². The van der Waals surface area contributed by atoms with Crippen molar-refractivity contribution in [3.8, 4) is 0 Å². The van der Waals surface area contributed by atoms with E-state index in [9.17, 15) is 0 Å². The van der Waals surface area contributed by atoms with Crippen LogP contribution in [0, 0.1) is 5.41 Å². The van der Waals surface area contributed by atoms with E-state index in [4.69, 9.17) is 5.73 Å². The summed E-state index contributed by atoms with van der Waals surface area (Å²) in [6.45, 7) is 8.27. The SMILES string of the molecule is C=CC(C)(C)C1(N)CCCCC1. The molecule has 1 aliphatic rings. The van der Waals surface area contributed by atoms with Crippen LogP contribution >= 0.6 is 0 Å². The Morgan fingerprint density at radius 1 is 1.25 bits per heavy atom. The van der Waals surface area contributed by atoms with Gasteiger partial charge in [0.25, 0.3) is 0 Å². The van der Waals surface area contributed by atoms with Crippen molar-refractivity contribution in [3.63, 3.8) is 0 Å². The van der Waals surface area contributed by atoms with Gasteiger partial charge in [-0.2, -0.15) is 0 Å². The minimum absolute atomic E-state index is 0.00694. The molecule has 12 heavy (non-hydrogen) atoms. The zero-order valence-electron chi connectivity index (χ0n) is 8.40. The van der Waals surface area contributed by atoms with Gasteiger partial charge in [0.05, 0.1) is 0 Å². The lowest BCUT2D eigenvalue weighted by molar-refractivity contribution is 0.160. The smallest absolute Gasteiger partial charge is 0.0240 e. The summed E-state index contributed by atoms with van der Waals surface area (Å²) in [5, 5.41) is 0. The van der Waals surface area contributed by atoms with Crippen LogP contribution in [0.25, 0.3) is 0 Å². The van der Waals surface area contributed by atoms with E-state index in [2.05, 4.69) is 20.4 Å². The third-order valence-corrected chi connectivity index (χ3v) is 3.54. The molecule has 0 heterocycles. The summed E-state index contributed by atoms with van der Waals surface area (Å²) >= 11 is 0. The summed E-state index contributed by atoms with van der Waals surface area (Å²) in [6, 6.07) is 0. The molecule has 0 aromatic heterocycles. The van der Waals surface area contributed by atoms with Gasteiger partial charge in [-0.25, -0.2) is 0 Å². The Kier molecular flexibility index (Phi) is 2.62. The molecule has 0 amide bonds. The Morgan fingerprint density at radius 2 is 1.75 bits per heavy atom. The molecular formula is C11H21N. The van der Waals surface area contributed by atoms with Gasteiger partial charge < -0.3 is 5.73 Å². The maximum Gasteiger partial charge on any atom is 0.0240 e. The fourth-order valence-corrected chi connectivity index (χ4v) is 2.03. The molecular weight excluding hydrogens is 146 g/mol. The van der Waals surface area contributed by atoms with Crippen molar-refractivity contribution in [2.75, 3.05) is 0 Å². The van der Waals surface area contributed by atoms with E-state index >= 15 is 0 Å². The average Bonchev–Trinajstić information content (AvgIpc) is 2.06. The van der Waals surface area contributed by atoms with Crippen LogP contribution in [0.4, 0.5) is 0 Å². The Labute approximate surface area is 76.0 Å². The lowest BCUT2D eigenvalue weighted by atomic mass is 9.65. The molecule has 0 saturated heterocycles. The van der Waals surface area contributed by atoms with Gasteiger partial charge in [-0.15, -0.1) is 6.58 Å². The lowest BCUT2D eigenvalue weighted by Gasteiger charge is -2.45. The molecule has 1 heteroatoms. The van der Waals surface area contributed by atoms with E-state index in [1.54, 1.807) is 0 Å². The van der Waals surface area contributed by atoms with Crippen molar-refractivity contribution in [2.45, 2.75) is 51.5 Å². The predicted octanol–water partition coefficient (Wildman–Crippen LogP) is 2.86. The Morgan fingerprint density at radius 3 is 2.17 bits per heavy atom. The summed E-state index contributed by atoms with van der Waals surface area (Å²) < 4.78 is 0. The minimum Gasteiger partial charge on any atom is -0.324 e. The fourth-order valence-electron chi connectivity index (χ4n) is 2.03.